The van der Waals surface area contributed by atoms with Gasteiger partial charge < -0.3 is 19.9 Å². The predicted octanol–water partition coefficient (Wildman–Crippen LogP) is 5.86. The summed E-state index contributed by atoms with van der Waals surface area (Å²) < 4.78 is 5.22. The molecule has 0 aliphatic heterocycles. The first kappa shape index (κ1) is 26.4. The van der Waals surface area contributed by atoms with Gasteiger partial charge in [0.15, 0.2) is 5.78 Å². The molecule has 0 aliphatic carbocycles. The predicted molar refractivity (Wildman–Crippen MR) is 160 cm³/mol. The van der Waals surface area contributed by atoms with E-state index in [1.807, 2.05) is 85.7 Å². The third-order valence-corrected chi connectivity index (χ3v) is 6.46. The van der Waals surface area contributed by atoms with Crippen molar-refractivity contribution in [3.63, 3.8) is 0 Å². The van der Waals surface area contributed by atoms with E-state index in [0.29, 0.717) is 16.8 Å². The van der Waals surface area contributed by atoms with Crippen molar-refractivity contribution < 1.29 is 14.3 Å². The van der Waals surface area contributed by atoms with E-state index in [0.717, 1.165) is 39.4 Å². The molecule has 0 aliphatic rings. The molecule has 0 atom stereocenters. The summed E-state index contributed by atoms with van der Waals surface area (Å²) in [6.45, 7) is 0.0314. The second-order valence-corrected chi connectivity index (χ2v) is 9.46. The van der Waals surface area contributed by atoms with Crippen LogP contribution in [-0.4, -0.2) is 55.6 Å². The van der Waals surface area contributed by atoms with Crippen molar-refractivity contribution in [3.8, 4) is 17.1 Å². The summed E-state index contributed by atoms with van der Waals surface area (Å²) in [6.07, 6.45) is 1.69. The molecule has 0 saturated heterocycles. The molecule has 0 spiro atoms. The van der Waals surface area contributed by atoms with Gasteiger partial charge in [-0.25, -0.2) is 4.98 Å². The number of aromatic amines is 1. The zero-order chi connectivity index (χ0) is 28.1. The summed E-state index contributed by atoms with van der Waals surface area (Å²) in [5, 5.41) is 2.91. The molecule has 1 heterocycles. The number of H-pyrrole nitrogens is 1. The standard InChI is InChI=1S/C32H29N5O3/c1-37(2)26-13-4-21(5-14-26)19-33-20-30(38)22-6-8-24(9-7-22)32(39)34-25-12-17-28-29(18-25)36-31(35-28)23-10-15-27(40-3)16-11-23/h4-19H,20H2,1-3H3,(H,34,39)(H,35,36). The maximum Gasteiger partial charge on any atom is 0.255 e. The molecule has 4 aromatic carbocycles. The van der Waals surface area contributed by atoms with Crippen LogP contribution in [0.4, 0.5) is 11.4 Å². The van der Waals surface area contributed by atoms with Crippen LogP contribution < -0.4 is 15.0 Å². The van der Waals surface area contributed by atoms with Gasteiger partial charge in [-0.3, -0.25) is 14.6 Å². The van der Waals surface area contributed by atoms with Crippen LogP contribution in [0.3, 0.4) is 0 Å². The first-order valence-corrected chi connectivity index (χ1v) is 12.8. The Bertz CT molecular complexity index is 1670. The van der Waals surface area contributed by atoms with E-state index in [1.165, 1.54) is 0 Å². The van der Waals surface area contributed by atoms with E-state index in [-0.39, 0.29) is 18.2 Å². The number of hydrogen-bond donors (Lipinski definition) is 2. The van der Waals surface area contributed by atoms with Gasteiger partial charge in [-0.2, -0.15) is 0 Å². The normalized spacial score (nSPS) is 11.1. The average Bonchev–Trinajstić information content (AvgIpc) is 3.41. The monoisotopic (exact) mass is 531 g/mol. The number of nitrogens with one attached hydrogen (secondary N) is 2. The second-order valence-electron chi connectivity index (χ2n) is 9.46. The lowest BCUT2D eigenvalue weighted by Crippen LogP contribution is -2.12. The van der Waals surface area contributed by atoms with Gasteiger partial charge in [-0.15, -0.1) is 0 Å². The quantitative estimate of drug-likeness (QED) is 0.183. The lowest BCUT2D eigenvalue weighted by molar-refractivity contribution is 0.0997. The Morgan fingerprint density at radius 1 is 0.925 bits per heavy atom. The molecule has 0 unspecified atom stereocenters. The molecule has 0 saturated carbocycles. The third-order valence-electron chi connectivity index (χ3n) is 6.46. The van der Waals surface area contributed by atoms with Crippen molar-refractivity contribution in [1.82, 2.24) is 9.97 Å². The number of aromatic nitrogens is 2. The first-order valence-electron chi connectivity index (χ1n) is 12.8. The van der Waals surface area contributed by atoms with Crippen LogP contribution >= 0.6 is 0 Å². The van der Waals surface area contributed by atoms with Gasteiger partial charge in [-0.05, 0) is 72.3 Å². The molecular formula is C32H29N5O3. The Labute approximate surface area is 232 Å². The number of carbonyl (C=O) groups excluding carboxylic acids is 2. The number of Topliss-reactive ketones (excluding diaryl/α,β-unsaturated/α-hetero) is 1. The second kappa shape index (κ2) is 11.7. The number of anilines is 2. The van der Waals surface area contributed by atoms with E-state index >= 15 is 0 Å². The number of hydrogen-bond acceptors (Lipinski definition) is 6. The number of aliphatic imine (C=N–C) groups is 1. The highest BCUT2D eigenvalue weighted by atomic mass is 16.5. The lowest BCUT2D eigenvalue weighted by atomic mass is 10.1. The van der Waals surface area contributed by atoms with Crippen molar-refractivity contribution in [1.29, 1.82) is 0 Å². The number of benzene rings is 4. The number of nitrogens with zero attached hydrogens (tertiary/aromatic N) is 3. The average molecular weight is 532 g/mol. The first-order chi connectivity index (χ1) is 19.4. The number of ether oxygens (including phenoxy) is 1. The molecule has 5 rings (SSSR count). The van der Waals surface area contributed by atoms with Gasteiger partial charge >= 0.3 is 0 Å². The molecule has 0 bridgehead atoms. The number of imidazole rings is 1. The number of carbonyl (C=O) groups is 2. The maximum absolute atomic E-state index is 12.9. The van der Waals surface area contributed by atoms with E-state index in [4.69, 9.17) is 4.74 Å². The zero-order valence-electron chi connectivity index (χ0n) is 22.5. The van der Waals surface area contributed by atoms with Crippen LogP contribution in [0.5, 0.6) is 5.75 Å². The Morgan fingerprint density at radius 3 is 2.30 bits per heavy atom. The Balaban J connectivity index is 1.20. The van der Waals surface area contributed by atoms with E-state index in [9.17, 15) is 9.59 Å². The Morgan fingerprint density at radius 2 is 1.62 bits per heavy atom. The highest BCUT2D eigenvalue weighted by Gasteiger charge is 2.11. The van der Waals surface area contributed by atoms with Crippen LogP contribution in [0.15, 0.2) is 96.0 Å². The number of ketones is 1. The van der Waals surface area contributed by atoms with Gasteiger partial charge in [0.05, 0.1) is 18.1 Å². The lowest BCUT2D eigenvalue weighted by Gasteiger charge is -2.11. The van der Waals surface area contributed by atoms with Crippen molar-refractivity contribution in [2.24, 2.45) is 4.99 Å². The molecule has 0 fully saturated rings. The van der Waals surface area contributed by atoms with E-state index < -0.39 is 0 Å². The van der Waals surface area contributed by atoms with Gasteiger partial charge in [0.25, 0.3) is 5.91 Å². The highest BCUT2D eigenvalue weighted by Crippen LogP contribution is 2.25. The molecule has 8 heteroatoms. The largest absolute Gasteiger partial charge is 0.497 e. The fourth-order valence-corrected chi connectivity index (χ4v) is 4.17. The van der Waals surface area contributed by atoms with Crippen LogP contribution in [0, 0.1) is 0 Å². The number of rotatable bonds is 9. The fourth-order valence-electron chi connectivity index (χ4n) is 4.17. The summed E-state index contributed by atoms with van der Waals surface area (Å²) in [5.74, 6) is 1.11. The maximum atomic E-state index is 12.9. The topological polar surface area (TPSA) is 99.7 Å². The van der Waals surface area contributed by atoms with Gasteiger partial charge in [-0.1, -0.05) is 24.3 Å². The van der Waals surface area contributed by atoms with Crippen molar-refractivity contribution in [3.05, 3.63) is 108 Å². The van der Waals surface area contributed by atoms with Crippen molar-refractivity contribution >= 4 is 40.3 Å². The Hall–Kier alpha value is -5.24. The van der Waals surface area contributed by atoms with Gasteiger partial charge in [0.1, 0.15) is 18.1 Å². The number of methoxy groups -OCH3 is 1. The molecule has 0 radical (unpaired) electrons. The molecule has 5 aromatic rings. The van der Waals surface area contributed by atoms with Crippen LogP contribution in [0.1, 0.15) is 26.3 Å². The summed E-state index contributed by atoms with van der Waals surface area (Å²) in [5.41, 5.74) is 6.14. The van der Waals surface area contributed by atoms with Crippen molar-refractivity contribution in [2.45, 2.75) is 0 Å². The zero-order valence-corrected chi connectivity index (χ0v) is 22.5. The van der Waals surface area contributed by atoms with Crippen LogP contribution in [0.2, 0.25) is 0 Å². The molecule has 1 aromatic heterocycles. The molecule has 200 valence electrons. The molecule has 1 amide bonds. The molecule has 40 heavy (non-hydrogen) atoms. The minimum absolute atomic E-state index is 0.0314. The van der Waals surface area contributed by atoms with Gasteiger partial charge in [0, 0.05) is 48.4 Å². The van der Waals surface area contributed by atoms with Crippen LogP contribution in [0.25, 0.3) is 22.4 Å². The Kier molecular flexibility index (Phi) is 7.68. The van der Waals surface area contributed by atoms with Crippen LogP contribution in [-0.2, 0) is 0 Å². The fraction of sp³-hybridized carbons (Fsp3) is 0.125. The summed E-state index contributed by atoms with van der Waals surface area (Å²) in [6, 6.07) is 27.6. The SMILES string of the molecule is COc1ccc(-c2nc3ccc(NC(=O)c4ccc(C(=O)CN=Cc5ccc(N(C)C)cc5)cc4)cc3[nH]2)cc1. The number of fused-ring (bicyclic) bond motifs is 1. The highest BCUT2D eigenvalue weighted by molar-refractivity contribution is 6.06. The molecular weight excluding hydrogens is 502 g/mol. The van der Waals surface area contributed by atoms with Gasteiger partial charge in [0.2, 0.25) is 0 Å². The summed E-state index contributed by atoms with van der Waals surface area (Å²) >= 11 is 0. The molecule has 2 N–H and O–H groups in total. The third kappa shape index (κ3) is 6.07. The summed E-state index contributed by atoms with van der Waals surface area (Å²) in [4.78, 5) is 39.7. The number of amides is 1. The van der Waals surface area contributed by atoms with E-state index in [2.05, 4.69) is 20.3 Å². The minimum atomic E-state index is -0.271. The summed E-state index contributed by atoms with van der Waals surface area (Å²) in [7, 11) is 5.59. The van der Waals surface area contributed by atoms with E-state index in [1.54, 1.807) is 37.6 Å². The smallest absolute Gasteiger partial charge is 0.255 e. The minimum Gasteiger partial charge on any atom is -0.497 e. The molecule has 8 nitrogen and oxygen atoms in total. The van der Waals surface area contributed by atoms with Crippen molar-refractivity contribution in [2.75, 3.05) is 38.0 Å².